The number of rotatable bonds is 10. The number of alkyl halides is 3. The summed E-state index contributed by atoms with van der Waals surface area (Å²) < 4.78 is 45.1. The molecule has 0 saturated carbocycles. The monoisotopic (exact) mass is 561 g/mol. The van der Waals surface area contributed by atoms with E-state index in [4.69, 9.17) is 4.74 Å². The van der Waals surface area contributed by atoms with Gasteiger partial charge in [-0.3, -0.25) is 0 Å². The van der Waals surface area contributed by atoms with Gasteiger partial charge in [0.1, 0.15) is 12.4 Å². The van der Waals surface area contributed by atoms with Crippen molar-refractivity contribution in [1.29, 1.82) is 0 Å². The summed E-state index contributed by atoms with van der Waals surface area (Å²) in [7, 11) is 1.86. The number of hydrogen-bond acceptors (Lipinski definition) is 6. The molecule has 8 nitrogen and oxygen atoms in total. The molecule has 0 unspecified atom stereocenters. The zero-order valence-electron chi connectivity index (χ0n) is 17.1. The Morgan fingerprint density at radius 3 is 2.60 bits per heavy atom. The Bertz CT molecular complexity index is 795. The van der Waals surface area contributed by atoms with Crippen molar-refractivity contribution in [2.24, 2.45) is 12.0 Å². The zero-order valence-corrected chi connectivity index (χ0v) is 20.3. The molecule has 30 heavy (non-hydrogen) atoms. The number of nitrogens with one attached hydrogen (secondary N) is 2. The molecule has 0 spiro atoms. The van der Waals surface area contributed by atoms with Crippen LogP contribution in [-0.2, 0) is 30.9 Å². The van der Waals surface area contributed by atoms with Crippen LogP contribution in [0.15, 0.2) is 10.4 Å². The number of halogens is 4. The first-order chi connectivity index (χ1) is 13.8. The number of aliphatic imine (C=N–C) groups is 1. The molecule has 0 radical (unpaired) electrons. The van der Waals surface area contributed by atoms with E-state index in [0.29, 0.717) is 56.1 Å². The summed E-state index contributed by atoms with van der Waals surface area (Å²) in [5.74, 6) is 2.06. The van der Waals surface area contributed by atoms with E-state index < -0.39 is 11.9 Å². The first kappa shape index (κ1) is 26.6. The molecule has 2 aromatic rings. The summed E-state index contributed by atoms with van der Waals surface area (Å²) in [6.07, 6.45) is -3.24. The smallest absolute Gasteiger partial charge is 0.382 e. The third-order valence-electron chi connectivity index (χ3n) is 4.00. The minimum atomic E-state index is -4.41. The van der Waals surface area contributed by atoms with Crippen LogP contribution in [0.4, 0.5) is 13.2 Å². The second-order valence-corrected chi connectivity index (χ2v) is 7.11. The maximum atomic E-state index is 12.7. The van der Waals surface area contributed by atoms with E-state index in [2.05, 4.69) is 30.8 Å². The third-order valence-corrected chi connectivity index (χ3v) is 4.91. The van der Waals surface area contributed by atoms with Gasteiger partial charge in [0.15, 0.2) is 17.5 Å². The average molecular weight is 561 g/mol. The molecule has 0 fully saturated rings. The Morgan fingerprint density at radius 2 is 2.00 bits per heavy atom. The molecule has 0 amide bonds. The molecular weight excluding hydrogens is 534 g/mol. The van der Waals surface area contributed by atoms with Gasteiger partial charge in [0.25, 0.3) is 0 Å². The predicted octanol–water partition coefficient (Wildman–Crippen LogP) is 2.92. The van der Waals surface area contributed by atoms with E-state index in [1.165, 1.54) is 0 Å². The Kier molecular flexibility index (Phi) is 11.5. The second-order valence-electron chi connectivity index (χ2n) is 6.17. The van der Waals surface area contributed by atoms with Crippen molar-refractivity contribution in [3.63, 3.8) is 0 Å². The summed E-state index contributed by atoms with van der Waals surface area (Å²) in [5.41, 5.74) is -0.849. The summed E-state index contributed by atoms with van der Waals surface area (Å²) >= 11 is 1.00. The Morgan fingerprint density at radius 1 is 1.27 bits per heavy atom. The van der Waals surface area contributed by atoms with Crippen LogP contribution in [0.1, 0.15) is 35.7 Å². The normalized spacial score (nSPS) is 12.0. The molecule has 0 atom stereocenters. The number of thiazole rings is 1. The molecule has 0 aromatic carbocycles. The predicted molar refractivity (Wildman–Crippen MR) is 120 cm³/mol. The lowest BCUT2D eigenvalue weighted by Gasteiger charge is -2.12. The molecule has 0 aliphatic carbocycles. The minimum Gasteiger partial charge on any atom is -0.382 e. The third kappa shape index (κ3) is 8.71. The summed E-state index contributed by atoms with van der Waals surface area (Å²) in [6.45, 7) is 6.48. The van der Waals surface area contributed by atoms with Gasteiger partial charge in [-0.1, -0.05) is 0 Å². The number of nitrogens with zero attached hydrogens (tertiary/aromatic N) is 5. The molecule has 2 aromatic heterocycles. The zero-order chi connectivity index (χ0) is 21.3. The number of ether oxygens (including phenoxy) is 1. The molecule has 2 heterocycles. The van der Waals surface area contributed by atoms with Crippen molar-refractivity contribution in [1.82, 2.24) is 30.4 Å². The Hall–Kier alpha value is -1.48. The van der Waals surface area contributed by atoms with E-state index in [0.717, 1.165) is 29.0 Å². The topological polar surface area (TPSA) is 89.2 Å². The average Bonchev–Trinajstić information content (AvgIpc) is 3.27. The highest BCUT2D eigenvalue weighted by Gasteiger charge is 2.33. The molecule has 170 valence electrons. The fraction of sp³-hybridized carbons (Fsp3) is 0.647. The summed E-state index contributed by atoms with van der Waals surface area (Å²) in [5, 5.41) is 15.9. The van der Waals surface area contributed by atoms with Gasteiger partial charge >= 0.3 is 6.18 Å². The highest BCUT2D eigenvalue weighted by atomic mass is 127. The molecule has 2 rings (SSSR count). The van der Waals surface area contributed by atoms with Crippen LogP contribution in [-0.4, -0.2) is 52.0 Å². The fourth-order valence-corrected chi connectivity index (χ4v) is 3.09. The maximum Gasteiger partial charge on any atom is 0.434 e. The molecule has 2 N–H and O–H groups in total. The van der Waals surface area contributed by atoms with E-state index >= 15 is 0 Å². The SMILES string of the molecule is CCOCCCNC(=NCc1nnc(C)n1C)NCCc1nc(C(F)(F)F)cs1.I. The van der Waals surface area contributed by atoms with Gasteiger partial charge in [0, 0.05) is 45.2 Å². The van der Waals surface area contributed by atoms with E-state index in [-0.39, 0.29) is 24.0 Å². The van der Waals surface area contributed by atoms with Crippen molar-refractivity contribution in [2.45, 2.75) is 39.4 Å². The van der Waals surface area contributed by atoms with Crippen LogP contribution in [0.3, 0.4) is 0 Å². The van der Waals surface area contributed by atoms with Gasteiger partial charge in [-0.15, -0.1) is 45.5 Å². The first-order valence-corrected chi connectivity index (χ1v) is 10.2. The number of aromatic nitrogens is 4. The second kappa shape index (κ2) is 13.0. The largest absolute Gasteiger partial charge is 0.434 e. The van der Waals surface area contributed by atoms with Crippen LogP contribution in [0, 0.1) is 6.92 Å². The van der Waals surface area contributed by atoms with Gasteiger partial charge in [0.2, 0.25) is 0 Å². The number of guanidine groups is 1. The molecule has 0 aliphatic heterocycles. The fourth-order valence-electron chi connectivity index (χ4n) is 2.28. The van der Waals surface area contributed by atoms with E-state index in [1.807, 2.05) is 25.5 Å². The lowest BCUT2D eigenvalue weighted by molar-refractivity contribution is -0.140. The Labute approximate surface area is 194 Å². The van der Waals surface area contributed by atoms with Crippen LogP contribution < -0.4 is 10.6 Å². The van der Waals surface area contributed by atoms with Crippen molar-refractivity contribution >= 4 is 41.3 Å². The summed E-state index contributed by atoms with van der Waals surface area (Å²) in [4.78, 5) is 8.13. The van der Waals surface area contributed by atoms with Gasteiger partial charge in [-0.05, 0) is 20.3 Å². The number of aryl methyl sites for hydroxylation is 1. The summed E-state index contributed by atoms with van der Waals surface area (Å²) in [6, 6.07) is 0. The maximum absolute atomic E-state index is 12.7. The van der Waals surface area contributed by atoms with Crippen LogP contribution >= 0.6 is 35.3 Å². The number of hydrogen-bond donors (Lipinski definition) is 2. The van der Waals surface area contributed by atoms with Gasteiger partial charge in [-0.25, -0.2) is 9.98 Å². The minimum absolute atomic E-state index is 0. The van der Waals surface area contributed by atoms with Crippen LogP contribution in [0.2, 0.25) is 0 Å². The van der Waals surface area contributed by atoms with Crippen LogP contribution in [0.5, 0.6) is 0 Å². The highest BCUT2D eigenvalue weighted by Crippen LogP contribution is 2.29. The van der Waals surface area contributed by atoms with Crippen LogP contribution in [0.25, 0.3) is 0 Å². The molecule has 0 bridgehead atoms. The standard InChI is InChI=1S/C17H26F3N7OS.HI/c1-4-28-9-5-7-21-16(23-10-14-26-25-12(2)27(14)3)22-8-6-15-24-13(11-29-15)17(18,19)20;/h11H,4-10H2,1-3H3,(H2,21,22,23);1H. The molecule has 13 heteroatoms. The Balaban J connectivity index is 0.00000450. The van der Waals surface area contributed by atoms with Crippen molar-refractivity contribution in [3.05, 3.63) is 27.7 Å². The van der Waals surface area contributed by atoms with Crippen molar-refractivity contribution < 1.29 is 17.9 Å². The molecule has 0 aliphatic rings. The highest BCUT2D eigenvalue weighted by molar-refractivity contribution is 14.0. The van der Waals surface area contributed by atoms with Gasteiger partial charge in [-0.2, -0.15) is 13.2 Å². The lowest BCUT2D eigenvalue weighted by Crippen LogP contribution is -2.39. The molecule has 0 saturated heterocycles. The quantitative estimate of drug-likeness (QED) is 0.201. The van der Waals surface area contributed by atoms with E-state index in [9.17, 15) is 13.2 Å². The van der Waals surface area contributed by atoms with E-state index in [1.54, 1.807) is 0 Å². The first-order valence-electron chi connectivity index (χ1n) is 9.27. The molecular formula is C17H27F3IN7OS. The van der Waals surface area contributed by atoms with Gasteiger partial charge in [0.05, 0.1) is 5.01 Å². The lowest BCUT2D eigenvalue weighted by atomic mass is 10.4. The van der Waals surface area contributed by atoms with Crippen molar-refractivity contribution in [2.75, 3.05) is 26.3 Å². The van der Waals surface area contributed by atoms with Crippen molar-refractivity contribution in [3.8, 4) is 0 Å². The van der Waals surface area contributed by atoms with Gasteiger partial charge < -0.3 is 19.9 Å².